The average Bonchev–Trinajstić information content (AvgIpc) is 3.13. The molecule has 6 heteroatoms. The number of nitrogens with zero attached hydrogens (tertiary/aromatic N) is 1. The third kappa shape index (κ3) is 4.39. The zero-order chi connectivity index (χ0) is 24.2. The van der Waals surface area contributed by atoms with E-state index in [1.54, 1.807) is 36.4 Å². The van der Waals surface area contributed by atoms with Crippen molar-refractivity contribution in [2.24, 2.45) is 0 Å². The highest BCUT2D eigenvalue weighted by atomic mass is 16.5. The van der Waals surface area contributed by atoms with E-state index in [0.717, 1.165) is 12.0 Å². The van der Waals surface area contributed by atoms with E-state index in [9.17, 15) is 14.7 Å². The Morgan fingerprint density at radius 2 is 1.68 bits per heavy atom. The molecule has 174 valence electrons. The van der Waals surface area contributed by atoms with E-state index in [4.69, 9.17) is 9.47 Å². The zero-order valence-corrected chi connectivity index (χ0v) is 19.4. The van der Waals surface area contributed by atoms with Crippen molar-refractivity contribution in [2.75, 3.05) is 18.6 Å². The summed E-state index contributed by atoms with van der Waals surface area (Å²) in [6.07, 6.45) is 0.847. The van der Waals surface area contributed by atoms with Gasteiger partial charge in [-0.3, -0.25) is 14.5 Å². The van der Waals surface area contributed by atoms with Gasteiger partial charge < -0.3 is 14.6 Å². The van der Waals surface area contributed by atoms with Gasteiger partial charge in [0.05, 0.1) is 25.3 Å². The molecule has 3 aromatic carbocycles. The van der Waals surface area contributed by atoms with Gasteiger partial charge >= 0.3 is 0 Å². The molecule has 1 aliphatic heterocycles. The number of Topliss-reactive ketones (excluding diaryl/α,β-unsaturated/α-hetero) is 1. The quantitative estimate of drug-likeness (QED) is 0.291. The summed E-state index contributed by atoms with van der Waals surface area (Å²) in [6.45, 7) is 4.50. The van der Waals surface area contributed by atoms with Gasteiger partial charge in [0.1, 0.15) is 17.3 Å². The van der Waals surface area contributed by atoms with E-state index in [0.29, 0.717) is 34.9 Å². The number of carbonyl (C=O) groups is 2. The van der Waals surface area contributed by atoms with Gasteiger partial charge in [0, 0.05) is 17.3 Å². The minimum absolute atomic E-state index is 0.0318. The van der Waals surface area contributed by atoms with Crippen LogP contribution in [0, 0.1) is 6.92 Å². The number of aryl methyl sites for hydroxylation is 1. The van der Waals surface area contributed by atoms with Crippen LogP contribution in [-0.4, -0.2) is 30.5 Å². The van der Waals surface area contributed by atoms with E-state index in [1.807, 2.05) is 50.2 Å². The average molecular weight is 458 g/mol. The minimum Gasteiger partial charge on any atom is -0.507 e. The molecule has 3 aromatic rings. The fraction of sp³-hybridized carbons (Fsp3) is 0.214. The van der Waals surface area contributed by atoms with E-state index in [-0.39, 0.29) is 11.3 Å². The summed E-state index contributed by atoms with van der Waals surface area (Å²) in [4.78, 5) is 28.0. The molecule has 0 radical (unpaired) electrons. The van der Waals surface area contributed by atoms with Crippen LogP contribution < -0.4 is 14.4 Å². The molecule has 1 fully saturated rings. The van der Waals surface area contributed by atoms with Gasteiger partial charge in [-0.2, -0.15) is 0 Å². The Kier molecular flexibility index (Phi) is 6.68. The number of anilines is 1. The lowest BCUT2D eigenvalue weighted by Crippen LogP contribution is -2.29. The molecule has 34 heavy (non-hydrogen) atoms. The molecule has 0 bridgehead atoms. The maximum absolute atomic E-state index is 13.3. The van der Waals surface area contributed by atoms with Crippen LogP contribution in [0.25, 0.3) is 5.76 Å². The second-order valence-corrected chi connectivity index (χ2v) is 8.16. The summed E-state index contributed by atoms with van der Waals surface area (Å²) in [5, 5.41) is 11.2. The van der Waals surface area contributed by atoms with Crippen LogP contribution in [0.15, 0.2) is 78.4 Å². The van der Waals surface area contributed by atoms with Crippen LogP contribution in [0.1, 0.15) is 36.1 Å². The summed E-state index contributed by atoms with van der Waals surface area (Å²) >= 11 is 0. The van der Waals surface area contributed by atoms with Crippen LogP contribution in [0.5, 0.6) is 11.5 Å². The number of hydrogen-bond donors (Lipinski definition) is 1. The molecule has 0 aliphatic carbocycles. The predicted octanol–water partition coefficient (Wildman–Crippen LogP) is 5.42. The molecule has 1 atom stereocenters. The zero-order valence-electron chi connectivity index (χ0n) is 19.4. The van der Waals surface area contributed by atoms with Crippen LogP contribution in [0.3, 0.4) is 0 Å². The highest BCUT2D eigenvalue weighted by molar-refractivity contribution is 6.51. The topological polar surface area (TPSA) is 76.1 Å². The number of rotatable bonds is 7. The van der Waals surface area contributed by atoms with E-state index in [2.05, 4.69) is 0 Å². The first-order chi connectivity index (χ1) is 16.4. The van der Waals surface area contributed by atoms with Gasteiger partial charge in [0.15, 0.2) is 0 Å². The Bertz CT molecular complexity index is 1250. The normalized spacial score (nSPS) is 17.1. The number of methoxy groups -OCH3 is 1. The van der Waals surface area contributed by atoms with Crippen LogP contribution in [-0.2, 0) is 9.59 Å². The summed E-state index contributed by atoms with van der Waals surface area (Å²) in [5.41, 5.74) is 2.67. The SMILES string of the molecule is CCCOc1cccc(C2/C(=C(\O)c3ccc(C)cc3)C(=O)C(=O)N2c2cccc(OC)c2)c1. The lowest BCUT2D eigenvalue weighted by molar-refractivity contribution is -0.132. The number of ether oxygens (including phenoxy) is 2. The molecule has 1 aliphatic rings. The Labute approximate surface area is 199 Å². The van der Waals surface area contributed by atoms with Crippen molar-refractivity contribution in [2.45, 2.75) is 26.3 Å². The van der Waals surface area contributed by atoms with Crippen molar-refractivity contribution >= 4 is 23.1 Å². The molecular weight excluding hydrogens is 430 g/mol. The number of amides is 1. The van der Waals surface area contributed by atoms with Crippen molar-refractivity contribution in [1.29, 1.82) is 0 Å². The van der Waals surface area contributed by atoms with Gasteiger partial charge in [-0.15, -0.1) is 0 Å². The first-order valence-electron chi connectivity index (χ1n) is 11.2. The monoisotopic (exact) mass is 457 g/mol. The van der Waals surface area contributed by atoms with E-state index in [1.165, 1.54) is 12.0 Å². The number of carbonyl (C=O) groups excluding carboxylic acids is 2. The molecular formula is C28H27NO5. The summed E-state index contributed by atoms with van der Waals surface area (Å²) in [5.74, 6) is -0.492. The number of benzene rings is 3. The van der Waals surface area contributed by atoms with Crippen molar-refractivity contribution in [3.05, 3.63) is 95.1 Å². The van der Waals surface area contributed by atoms with Crippen LogP contribution >= 0.6 is 0 Å². The van der Waals surface area contributed by atoms with Gasteiger partial charge in [-0.05, 0) is 43.2 Å². The molecule has 4 rings (SSSR count). The molecule has 6 nitrogen and oxygen atoms in total. The Hall–Kier alpha value is -4.06. The van der Waals surface area contributed by atoms with Crippen LogP contribution in [0.2, 0.25) is 0 Å². The number of ketones is 1. The maximum atomic E-state index is 13.3. The smallest absolute Gasteiger partial charge is 0.300 e. The van der Waals surface area contributed by atoms with Crippen molar-refractivity contribution in [3.63, 3.8) is 0 Å². The second kappa shape index (κ2) is 9.83. The van der Waals surface area contributed by atoms with Gasteiger partial charge in [-0.1, -0.05) is 55.0 Å². The highest BCUT2D eigenvalue weighted by Gasteiger charge is 2.47. The molecule has 0 aromatic heterocycles. The first kappa shape index (κ1) is 23.1. The largest absolute Gasteiger partial charge is 0.507 e. The maximum Gasteiger partial charge on any atom is 0.300 e. The lowest BCUT2D eigenvalue weighted by atomic mass is 9.94. The van der Waals surface area contributed by atoms with Crippen molar-refractivity contribution < 1.29 is 24.2 Å². The minimum atomic E-state index is -0.835. The molecule has 1 unspecified atom stereocenters. The molecule has 0 saturated carbocycles. The second-order valence-electron chi connectivity index (χ2n) is 8.16. The third-order valence-electron chi connectivity index (χ3n) is 5.75. The molecule has 1 saturated heterocycles. The van der Waals surface area contributed by atoms with E-state index < -0.39 is 17.7 Å². The summed E-state index contributed by atoms with van der Waals surface area (Å²) in [7, 11) is 1.54. The molecule has 1 N–H and O–H groups in total. The third-order valence-corrected chi connectivity index (χ3v) is 5.75. The Morgan fingerprint density at radius 3 is 2.38 bits per heavy atom. The fourth-order valence-corrected chi connectivity index (χ4v) is 4.04. The lowest BCUT2D eigenvalue weighted by Gasteiger charge is -2.26. The molecule has 0 spiro atoms. The van der Waals surface area contributed by atoms with Crippen molar-refractivity contribution in [3.8, 4) is 11.5 Å². The van der Waals surface area contributed by atoms with Crippen molar-refractivity contribution in [1.82, 2.24) is 0 Å². The molecule has 1 amide bonds. The van der Waals surface area contributed by atoms with E-state index >= 15 is 0 Å². The summed E-state index contributed by atoms with van der Waals surface area (Å²) in [6, 6.07) is 20.6. The standard InChI is InChI=1S/C28H27NO5/c1-4-15-34-23-10-5-7-20(16-23)25-24(26(30)19-13-11-18(2)12-14-19)27(31)28(32)29(25)21-8-6-9-22(17-21)33-3/h5-14,16-17,25,30H,4,15H2,1-3H3/b26-24+. The van der Waals surface area contributed by atoms with Gasteiger partial charge in [0.2, 0.25) is 0 Å². The number of aliphatic hydroxyl groups is 1. The number of aliphatic hydroxyl groups excluding tert-OH is 1. The molecule has 1 heterocycles. The number of hydrogen-bond acceptors (Lipinski definition) is 5. The first-order valence-corrected chi connectivity index (χ1v) is 11.2. The summed E-state index contributed by atoms with van der Waals surface area (Å²) < 4.78 is 11.1. The Morgan fingerprint density at radius 1 is 0.971 bits per heavy atom. The predicted molar refractivity (Wildman–Crippen MR) is 131 cm³/mol. The van der Waals surface area contributed by atoms with Crippen LogP contribution in [0.4, 0.5) is 5.69 Å². The van der Waals surface area contributed by atoms with Gasteiger partial charge in [-0.25, -0.2) is 0 Å². The fourth-order valence-electron chi connectivity index (χ4n) is 4.04. The Balaban J connectivity index is 1.91. The highest BCUT2D eigenvalue weighted by Crippen LogP contribution is 2.43. The van der Waals surface area contributed by atoms with Gasteiger partial charge in [0.25, 0.3) is 11.7 Å².